The minimum absolute atomic E-state index is 0.800. The van der Waals surface area contributed by atoms with E-state index in [0.717, 1.165) is 17.8 Å². The molecule has 1 aromatic carbocycles. The van der Waals surface area contributed by atoms with Crippen LogP contribution in [0.2, 0.25) is 0 Å². The zero-order valence-electron chi connectivity index (χ0n) is 11.5. The Morgan fingerprint density at radius 1 is 1.17 bits per heavy atom. The fraction of sp³-hybridized carbons (Fsp3) is 0.556. The topological polar surface area (TPSA) is 0 Å². The van der Waals surface area contributed by atoms with Crippen LogP contribution >= 0.6 is 0 Å². The molecule has 0 amide bonds. The van der Waals surface area contributed by atoms with E-state index in [-0.39, 0.29) is 0 Å². The van der Waals surface area contributed by atoms with E-state index in [1.165, 1.54) is 37.7 Å². The smallest absolute Gasteiger partial charge is 0.00824 e. The third-order valence-electron chi connectivity index (χ3n) is 5.34. The molecule has 3 atom stereocenters. The predicted molar refractivity (Wildman–Crippen MR) is 75.9 cm³/mol. The summed E-state index contributed by atoms with van der Waals surface area (Å²) < 4.78 is 0. The summed E-state index contributed by atoms with van der Waals surface area (Å²) >= 11 is 0. The van der Waals surface area contributed by atoms with Gasteiger partial charge in [0.1, 0.15) is 0 Å². The van der Waals surface area contributed by atoms with E-state index in [4.69, 9.17) is 0 Å². The maximum atomic E-state index is 2.56. The maximum Gasteiger partial charge on any atom is 0.00824 e. The Hall–Kier alpha value is -1.04. The van der Waals surface area contributed by atoms with Crippen LogP contribution in [0.4, 0.5) is 0 Å². The first-order valence-electron chi connectivity index (χ1n) is 7.53. The van der Waals surface area contributed by atoms with Gasteiger partial charge in [0, 0.05) is 5.92 Å². The van der Waals surface area contributed by atoms with Gasteiger partial charge in [-0.15, -0.1) is 0 Å². The van der Waals surface area contributed by atoms with Gasteiger partial charge in [0.15, 0.2) is 0 Å². The monoisotopic (exact) mass is 238 g/mol. The molecule has 0 radical (unpaired) electrons. The highest BCUT2D eigenvalue weighted by Gasteiger charge is 2.39. The van der Waals surface area contributed by atoms with E-state index >= 15 is 0 Å². The molecular weight excluding hydrogens is 216 g/mol. The normalized spacial score (nSPS) is 32.8. The molecule has 3 unspecified atom stereocenters. The van der Waals surface area contributed by atoms with Crippen LogP contribution in [0.25, 0.3) is 0 Å². The molecule has 3 aliphatic carbocycles. The van der Waals surface area contributed by atoms with Gasteiger partial charge in [-0.05, 0) is 67.6 Å². The largest absolute Gasteiger partial charge is 0.0803 e. The first-order chi connectivity index (χ1) is 8.72. The fourth-order valence-corrected chi connectivity index (χ4v) is 4.79. The number of hydrogen-bond donors (Lipinski definition) is 0. The van der Waals surface area contributed by atoms with E-state index in [0.29, 0.717) is 0 Å². The van der Waals surface area contributed by atoms with Crippen molar-refractivity contribution < 1.29 is 0 Å². The Kier molecular flexibility index (Phi) is 2.24. The average molecular weight is 238 g/mol. The van der Waals surface area contributed by atoms with Crippen LogP contribution in [0.15, 0.2) is 23.8 Å². The third kappa shape index (κ3) is 1.44. The van der Waals surface area contributed by atoms with Crippen LogP contribution in [0.1, 0.15) is 54.4 Å². The minimum Gasteiger partial charge on any atom is -0.0803 e. The van der Waals surface area contributed by atoms with Crippen molar-refractivity contribution in [3.8, 4) is 0 Å². The van der Waals surface area contributed by atoms with Gasteiger partial charge in [-0.3, -0.25) is 0 Å². The zero-order chi connectivity index (χ0) is 12.3. The Labute approximate surface area is 110 Å². The number of allylic oxidation sites excluding steroid dienone is 2. The second-order valence-electron chi connectivity index (χ2n) is 6.80. The quantitative estimate of drug-likeness (QED) is 0.581. The summed E-state index contributed by atoms with van der Waals surface area (Å²) in [5.41, 5.74) is 8.30. The SMILES string of the molecule is Cc1cc2c3c(c1)CCC1CC(C)CC(=CC2)C31. The summed E-state index contributed by atoms with van der Waals surface area (Å²) in [7, 11) is 0. The molecule has 1 fully saturated rings. The van der Waals surface area contributed by atoms with Gasteiger partial charge in [0.2, 0.25) is 0 Å². The molecule has 3 aliphatic rings. The summed E-state index contributed by atoms with van der Waals surface area (Å²) in [5.74, 6) is 2.65. The molecule has 94 valence electrons. The van der Waals surface area contributed by atoms with Crippen molar-refractivity contribution in [2.24, 2.45) is 11.8 Å². The van der Waals surface area contributed by atoms with Crippen LogP contribution in [0.5, 0.6) is 0 Å². The lowest BCUT2D eigenvalue weighted by Gasteiger charge is -2.44. The van der Waals surface area contributed by atoms with Crippen LogP contribution in [0, 0.1) is 18.8 Å². The second-order valence-corrected chi connectivity index (χ2v) is 6.80. The summed E-state index contributed by atoms with van der Waals surface area (Å²) in [5, 5.41) is 0. The summed E-state index contributed by atoms with van der Waals surface area (Å²) in [6, 6.07) is 4.89. The standard InChI is InChI=1S/C18H22/c1-11-7-13-3-5-15-9-12(2)10-16-6-4-14(8-11)17(13)18(15)16/h3,9-11,14,17H,4-8H2,1-2H3. The molecular formula is C18H22. The van der Waals surface area contributed by atoms with Crippen LogP contribution in [-0.2, 0) is 12.8 Å². The number of benzene rings is 1. The Morgan fingerprint density at radius 2 is 2.00 bits per heavy atom. The molecule has 1 aromatic rings. The van der Waals surface area contributed by atoms with E-state index in [2.05, 4.69) is 32.1 Å². The fourth-order valence-electron chi connectivity index (χ4n) is 4.79. The Balaban J connectivity index is 1.90. The first-order valence-corrected chi connectivity index (χ1v) is 7.53. The van der Waals surface area contributed by atoms with Gasteiger partial charge in [-0.2, -0.15) is 0 Å². The van der Waals surface area contributed by atoms with Crippen LogP contribution < -0.4 is 0 Å². The average Bonchev–Trinajstić information content (AvgIpc) is 2.34. The molecule has 0 nitrogen and oxygen atoms in total. The Bertz CT molecular complexity index is 535. The molecule has 0 saturated heterocycles. The molecule has 0 N–H and O–H groups in total. The molecule has 1 saturated carbocycles. The van der Waals surface area contributed by atoms with Crippen molar-refractivity contribution in [2.45, 2.75) is 51.9 Å². The number of aryl methyl sites for hydroxylation is 2. The minimum atomic E-state index is 0.800. The molecule has 0 spiro atoms. The molecule has 0 aromatic heterocycles. The first kappa shape index (κ1) is 10.8. The van der Waals surface area contributed by atoms with E-state index in [9.17, 15) is 0 Å². The van der Waals surface area contributed by atoms with Crippen LogP contribution in [-0.4, -0.2) is 0 Å². The van der Waals surface area contributed by atoms with Crippen LogP contribution in [0.3, 0.4) is 0 Å². The third-order valence-corrected chi connectivity index (χ3v) is 5.34. The van der Waals surface area contributed by atoms with Gasteiger partial charge in [0.25, 0.3) is 0 Å². The van der Waals surface area contributed by atoms with E-state index in [1.54, 1.807) is 22.3 Å². The van der Waals surface area contributed by atoms with Crippen molar-refractivity contribution in [2.75, 3.05) is 0 Å². The molecule has 0 bridgehead atoms. The molecule has 4 rings (SSSR count). The Morgan fingerprint density at radius 3 is 2.89 bits per heavy atom. The van der Waals surface area contributed by atoms with E-state index in [1.807, 2.05) is 0 Å². The maximum absolute atomic E-state index is 2.56. The number of hydrogen-bond acceptors (Lipinski definition) is 0. The molecule has 18 heavy (non-hydrogen) atoms. The molecule has 0 aliphatic heterocycles. The lowest BCUT2D eigenvalue weighted by molar-refractivity contribution is 0.270. The van der Waals surface area contributed by atoms with Gasteiger partial charge in [-0.1, -0.05) is 36.3 Å². The summed E-state index contributed by atoms with van der Waals surface area (Å²) in [6.45, 7) is 4.70. The van der Waals surface area contributed by atoms with Crippen molar-refractivity contribution in [1.82, 2.24) is 0 Å². The summed E-state index contributed by atoms with van der Waals surface area (Å²) in [4.78, 5) is 0. The van der Waals surface area contributed by atoms with Gasteiger partial charge in [0.05, 0.1) is 0 Å². The number of rotatable bonds is 0. The van der Waals surface area contributed by atoms with Gasteiger partial charge in [-0.25, -0.2) is 0 Å². The lowest BCUT2D eigenvalue weighted by Crippen LogP contribution is -2.31. The highest BCUT2D eigenvalue weighted by Crippen LogP contribution is 2.52. The molecule has 0 heterocycles. The van der Waals surface area contributed by atoms with Crippen molar-refractivity contribution in [1.29, 1.82) is 0 Å². The molecule has 0 heteroatoms. The van der Waals surface area contributed by atoms with E-state index < -0.39 is 0 Å². The van der Waals surface area contributed by atoms with Crippen molar-refractivity contribution >= 4 is 0 Å². The zero-order valence-corrected chi connectivity index (χ0v) is 11.5. The van der Waals surface area contributed by atoms with Crippen molar-refractivity contribution in [3.63, 3.8) is 0 Å². The lowest BCUT2D eigenvalue weighted by atomic mass is 9.60. The van der Waals surface area contributed by atoms with Crippen molar-refractivity contribution in [3.05, 3.63) is 46.0 Å². The highest BCUT2D eigenvalue weighted by atomic mass is 14.4. The second kappa shape index (κ2) is 3.73. The summed E-state index contributed by atoms with van der Waals surface area (Å²) in [6.07, 6.45) is 9.30. The predicted octanol–water partition coefficient (Wildman–Crippen LogP) is 4.55. The van der Waals surface area contributed by atoms with Gasteiger partial charge < -0.3 is 0 Å². The highest BCUT2D eigenvalue weighted by molar-refractivity contribution is 5.51. The van der Waals surface area contributed by atoms with Gasteiger partial charge >= 0.3 is 0 Å².